The van der Waals surface area contributed by atoms with E-state index in [9.17, 15) is 9.59 Å². The van der Waals surface area contributed by atoms with Crippen LogP contribution >= 0.6 is 23.2 Å². The third-order valence-corrected chi connectivity index (χ3v) is 7.55. The number of para-hydroxylation sites is 1. The van der Waals surface area contributed by atoms with Gasteiger partial charge in [-0.2, -0.15) is 0 Å². The molecule has 7 nitrogen and oxygen atoms in total. The Morgan fingerprint density at radius 3 is 2.54 bits per heavy atom. The quantitative estimate of drug-likeness (QED) is 0.404. The number of benzene rings is 2. The SMILES string of the molecule is CC(C)N(CC(=O)N1CCOCC1)CC(=O)N(CCc1c[nH]c2ccccc12)Cc1ccc(Cl)c(Cl)c1. The number of ether oxygens (including phenoxy) is 1. The summed E-state index contributed by atoms with van der Waals surface area (Å²) in [7, 11) is 0. The first-order valence-electron chi connectivity index (χ1n) is 12.7. The highest BCUT2D eigenvalue weighted by Gasteiger charge is 2.25. The van der Waals surface area contributed by atoms with Crippen LogP contribution in [0.4, 0.5) is 0 Å². The lowest BCUT2D eigenvalue weighted by atomic mass is 10.1. The number of nitrogens with zero attached hydrogens (tertiary/aromatic N) is 3. The molecule has 1 aliphatic heterocycles. The van der Waals surface area contributed by atoms with Gasteiger partial charge in [-0.05, 0) is 49.6 Å². The molecule has 1 aromatic heterocycles. The van der Waals surface area contributed by atoms with E-state index in [0.29, 0.717) is 55.9 Å². The molecule has 1 aliphatic rings. The molecule has 198 valence electrons. The number of rotatable bonds is 10. The van der Waals surface area contributed by atoms with Crippen LogP contribution < -0.4 is 0 Å². The summed E-state index contributed by atoms with van der Waals surface area (Å²) in [6.07, 6.45) is 2.71. The zero-order valence-electron chi connectivity index (χ0n) is 21.4. The molecular formula is C28H34Cl2N4O3. The van der Waals surface area contributed by atoms with E-state index < -0.39 is 0 Å². The fourth-order valence-electron chi connectivity index (χ4n) is 4.53. The van der Waals surface area contributed by atoms with E-state index in [1.54, 1.807) is 12.1 Å². The second-order valence-corrected chi connectivity index (χ2v) is 10.5. The minimum absolute atomic E-state index is 0.0274. The summed E-state index contributed by atoms with van der Waals surface area (Å²) in [6, 6.07) is 13.6. The van der Waals surface area contributed by atoms with Gasteiger partial charge in [0.1, 0.15) is 0 Å². The minimum atomic E-state index is -0.0330. The van der Waals surface area contributed by atoms with Crippen LogP contribution in [-0.4, -0.2) is 83.5 Å². The number of amides is 2. The molecule has 0 spiro atoms. The summed E-state index contributed by atoms with van der Waals surface area (Å²) in [6.45, 7) is 7.60. The first-order valence-corrected chi connectivity index (χ1v) is 13.4. The maximum atomic E-state index is 13.7. The molecule has 4 rings (SSSR count). The number of hydrogen-bond acceptors (Lipinski definition) is 4. The number of hydrogen-bond donors (Lipinski definition) is 1. The van der Waals surface area contributed by atoms with Crippen molar-refractivity contribution in [2.45, 2.75) is 32.9 Å². The van der Waals surface area contributed by atoms with Gasteiger partial charge < -0.3 is 19.5 Å². The van der Waals surface area contributed by atoms with Gasteiger partial charge in [-0.25, -0.2) is 0 Å². The van der Waals surface area contributed by atoms with Gasteiger partial charge in [0.05, 0.1) is 36.3 Å². The van der Waals surface area contributed by atoms with Crippen LogP contribution in [0.25, 0.3) is 10.9 Å². The molecule has 1 fully saturated rings. The van der Waals surface area contributed by atoms with E-state index in [0.717, 1.165) is 22.0 Å². The van der Waals surface area contributed by atoms with Crippen LogP contribution in [0.1, 0.15) is 25.0 Å². The fraction of sp³-hybridized carbons (Fsp3) is 0.429. The lowest BCUT2D eigenvalue weighted by Crippen LogP contribution is -2.50. The van der Waals surface area contributed by atoms with Crippen LogP contribution in [0.2, 0.25) is 10.0 Å². The van der Waals surface area contributed by atoms with Crippen molar-refractivity contribution in [3.8, 4) is 0 Å². The molecule has 9 heteroatoms. The molecule has 0 atom stereocenters. The summed E-state index contributed by atoms with van der Waals surface area (Å²) in [5.74, 6) is -0.00554. The Hall–Kier alpha value is -2.58. The second kappa shape index (κ2) is 12.8. The third kappa shape index (κ3) is 7.26. The Labute approximate surface area is 228 Å². The van der Waals surface area contributed by atoms with Crippen molar-refractivity contribution < 1.29 is 14.3 Å². The van der Waals surface area contributed by atoms with E-state index >= 15 is 0 Å². The standard InChI is InChI=1S/C28H34Cl2N4O3/c1-20(2)34(18-27(35)32-11-13-37-14-12-32)19-28(36)33(17-21-7-8-24(29)25(30)15-21)10-9-22-16-31-26-6-4-3-5-23(22)26/h3-8,15-16,20,31H,9-14,17-19H2,1-2H3. The smallest absolute Gasteiger partial charge is 0.237 e. The largest absolute Gasteiger partial charge is 0.378 e. The Morgan fingerprint density at radius 1 is 1.05 bits per heavy atom. The average Bonchev–Trinajstić information content (AvgIpc) is 3.31. The summed E-state index contributed by atoms with van der Waals surface area (Å²) in [5.41, 5.74) is 3.14. The van der Waals surface area contributed by atoms with Crippen molar-refractivity contribution in [2.24, 2.45) is 0 Å². The van der Waals surface area contributed by atoms with E-state index in [1.165, 1.54) is 0 Å². The first kappa shape index (κ1) is 27.5. The Kier molecular flexibility index (Phi) is 9.49. The molecule has 2 amide bonds. The molecule has 3 aromatic rings. The third-order valence-electron chi connectivity index (χ3n) is 6.81. The van der Waals surface area contributed by atoms with E-state index in [1.807, 2.05) is 59.0 Å². The molecule has 0 saturated carbocycles. The zero-order chi connectivity index (χ0) is 26.4. The van der Waals surface area contributed by atoms with Crippen molar-refractivity contribution in [1.82, 2.24) is 19.7 Å². The van der Waals surface area contributed by atoms with Crippen molar-refractivity contribution in [3.63, 3.8) is 0 Å². The van der Waals surface area contributed by atoms with Gasteiger partial charge in [-0.3, -0.25) is 14.5 Å². The molecule has 0 radical (unpaired) electrons. The molecule has 1 N–H and O–H groups in total. The monoisotopic (exact) mass is 544 g/mol. The van der Waals surface area contributed by atoms with Crippen LogP contribution in [0.5, 0.6) is 0 Å². The molecule has 0 unspecified atom stereocenters. The van der Waals surface area contributed by atoms with Gasteiger partial charge >= 0.3 is 0 Å². The van der Waals surface area contributed by atoms with Gasteiger partial charge in [0, 0.05) is 49.3 Å². The molecule has 2 aromatic carbocycles. The maximum Gasteiger partial charge on any atom is 0.237 e. The number of carbonyl (C=O) groups excluding carboxylic acids is 2. The minimum Gasteiger partial charge on any atom is -0.378 e. The zero-order valence-corrected chi connectivity index (χ0v) is 22.9. The van der Waals surface area contributed by atoms with Gasteiger partial charge in [-0.1, -0.05) is 47.5 Å². The summed E-state index contributed by atoms with van der Waals surface area (Å²) in [4.78, 5) is 35.5. The topological polar surface area (TPSA) is 68.9 Å². The number of aromatic amines is 1. The number of morpholine rings is 1. The highest BCUT2D eigenvalue weighted by molar-refractivity contribution is 6.42. The molecule has 0 bridgehead atoms. The Balaban J connectivity index is 1.49. The van der Waals surface area contributed by atoms with Crippen LogP contribution in [0.15, 0.2) is 48.7 Å². The molecule has 37 heavy (non-hydrogen) atoms. The van der Waals surface area contributed by atoms with E-state index in [2.05, 4.69) is 11.1 Å². The normalized spacial score (nSPS) is 14.1. The summed E-state index contributed by atoms with van der Waals surface area (Å²) >= 11 is 12.4. The predicted octanol–water partition coefficient (Wildman–Crippen LogP) is 4.62. The van der Waals surface area contributed by atoms with Gasteiger partial charge in [0.25, 0.3) is 0 Å². The number of nitrogens with one attached hydrogen (secondary N) is 1. The van der Waals surface area contributed by atoms with Gasteiger partial charge in [-0.15, -0.1) is 0 Å². The lowest BCUT2D eigenvalue weighted by Gasteiger charge is -2.33. The summed E-state index contributed by atoms with van der Waals surface area (Å²) < 4.78 is 5.37. The van der Waals surface area contributed by atoms with Crippen molar-refractivity contribution in [2.75, 3.05) is 45.9 Å². The number of fused-ring (bicyclic) bond motifs is 1. The predicted molar refractivity (Wildman–Crippen MR) is 148 cm³/mol. The Morgan fingerprint density at radius 2 is 1.81 bits per heavy atom. The van der Waals surface area contributed by atoms with Gasteiger partial charge in [0.2, 0.25) is 11.8 Å². The second-order valence-electron chi connectivity index (χ2n) is 9.67. The molecular weight excluding hydrogens is 511 g/mol. The van der Waals surface area contributed by atoms with Crippen LogP contribution in [0.3, 0.4) is 0 Å². The van der Waals surface area contributed by atoms with Crippen molar-refractivity contribution in [3.05, 3.63) is 69.8 Å². The average molecular weight is 546 g/mol. The number of carbonyl (C=O) groups is 2. The van der Waals surface area contributed by atoms with Crippen LogP contribution in [-0.2, 0) is 27.3 Å². The molecule has 2 heterocycles. The fourth-order valence-corrected chi connectivity index (χ4v) is 4.85. The highest BCUT2D eigenvalue weighted by atomic mass is 35.5. The lowest BCUT2D eigenvalue weighted by molar-refractivity contribution is -0.139. The molecule has 1 saturated heterocycles. The van der Waals surface area contributed by atoms with E-state index in [4.69, 9.17) is 27.9 Å². The Bertz CT molecular complexity index is 1220. The van der Waals surface area contributed by atoms with Crippen molar-refractivity contribution >= 4 is 45.9 Å². The van der Waals surface area contributed by atoms with Crippen LogP contribution in [0, 0.1) is 0 Å². The van der Waals surface area contributed by atoms with Gasteiger partial charge in [0.15, 0.2) is 0 Å². The molecule has 0 aliphatic carbocycles. The number of H-pyrrole nitrogens is 1. The maximum absolute atomic E-state index is 13.7. The van der Waals surface area contributed by atoms with E-state index in [-0.39, 0.29) is 30.9 Å². The number of aromatic nitrogens is 1. The van der Waals surface area contributed by atoms with Crippen molar-refractivity contribution in [1.29, 1.82) is 0 Å². The summed E-state index contributed by atoms with van der Waals surface area (Å²) in [5, 5.41) is 2.10. The highest BCUT2D eigenvalue weighted by Crippen LogP contribution is 2.24. The number of halogens is 2. The first-order chi connectivity index (χ1) is 17.8.